The lowest BCUT2D eigenvalue weighted by Gasteiger charge is -2.60. The minimum atomic E-state index is -0.375. The van der Waals surface area contributed by atoms with E-state index >= 15 is 0 Å². The zero-order valence-corrected chi connectivity index (χ0v) is 25.3. The van der Waals surface area contributed by atoms with E-state index in [0.29, 0.717) is 35.8 Å². The standard InChI is InChI=1S/C34H48N2O5/c1-33-14-11-24(37)18-22(33)5-7-26-27-9-10-30(34(27,2)15-12-28(26)33)40-20-31(38)35-16-13-21-17-32(39)41-29-19-23(36(3)4)6-8-25(21)29/h6,8,17,19,22,24,26-28,30,37H,5,7,9-16,18,20H2,1-4H3,(H,35,38)/t22-,24+,26-,27-,28-,30-,33-,34-/m0/s1. The van der Waals surface area contributed by atoms with Crippen molar-refractivity contribution in [2.24, 2.45) is 34.5 Å². The lowest BCUT2D eigenvalue weighted by Crippen LogP contribution is -2.54. The summed E-state index contributed by atoms with van der Waals surface area (Å²) in [6, 6.07) is 7.39. The summed E-state index contributed by atoms with van der Waals surface area (Å²) < 4.78 is 11.8. The molecule has 4 fully saturated rings. The van der Waals surface area contributed by atoms with E-state index in [0.717, 1.165) is 47.7 Å². The van der Waals surface area contributed by atoms with Crippen molar-refractivity contribution >= 4 is 22.6 Å². The number of benzene rings is 1. The number of hydrogen-bond acceptors (Lipinski definition) is 6. The molecule has 2 aromatic rings. The fourth-order valence-corrected chi connectivity index (χ4v) is 9.73. The molecule has 0 saturated heterocycles. The molecule has 7 nitrogen and oxygen atoms in total. The van der Waals surface area contributed by atoms with E-state index in [2.05, 4.69) is 19.2 Å². The summed E-state index contributed by atoms with van der Waals surface area (Å²) in [6.07, 6.45) is 10.9. The number of nitrogens with one attached hydrogen (secondary N) is 1. The second kappa shape index (κ2) is 11.0. The molecule has 4 aliphatic rings. The highest BCUT2D eigenvalue weighted by Gasteiger charge is 2.60. The second-order valence-electron chi connectivity index (χ2n) is 14.3. The Balaban J connectivity index is 1.03. The summed E-state index contributed by atoms with van der Waals surface area (Å²) in [5.74, 6) is 2.76. The first kappa shape index (κ1) is 28.7. The molecule has 0 aliphatic heterocycles. The zero-order chi connectivity index (χ0) is 28.9. The van der Waals surface area contributed by atoms with Crippen molar-refractivity contribution in [1.29, 1.82) is 0 Å². The molecule has 0 bridgehead atoms. The van der Waals surface area contributed by atoms with Gasteiger partial charge in [0.15, 0.2) is 0 Å². The quantitative estimate of drug-likeness (QED) is 0.443. The van der Waals surface area contributed by atoms with E-state index in [-0.39, 0.29) is 35.8 Å². The maximum atomic E-state index is 12.8. The number of hydrogen-bond donors (Lipinski definition) is 2. The van der Waals surface area contributed by atoms with Gasteiger partial charge in [-0.3, -0.25) is 4.79 Å². The molecule has 41 heavy (non-hydrogen) atoms. The van der Waals surface area contributed by atoms with E-state index in [1.54, 1.807) is 0 Å². The molecule has 224 valence electrons. The minimum absolute atomic E-state index is 0.0859. The number of amides is 1. The number of aliphatic hydroxyl groups is 1. The maximum absolute atomic E-state index is 12.8. The Kier molecular flexibility index (Phi) is 7.73. The third kappa shape index (κ3) is 5.22. The molecule has 1 heterocycles. The Morgan fingerprint density at radius 2 is 1.83 bits per heavy atom. The highest BCUT2D eigenvalue weighted by Crippen LogP contribution is 2.66. The molecule has 1 amide bonds. The molecule has 7 heteroatoms. The van der Waals surface area contributed by atoms with Crippen LogP contribution in [0.4, 0.5) is 5.69 Å². The number of carbonyl (C=O) groups excluding carboxylic acids is 1. The van der Waals surface area contributed by atoms with Crippen molar-refractivity contribution in [2.45, 2.75) is 90.3 Å². The van der Waals surface area contributed by atoms with Crippen LogP contribution in [0.1, 0.15) is 77.2 Å². The van der Waals surface area contributed by atoms with Crippen molar-refractivity contribution in [2.75, 3.05) is 32.1 Å². The predicted octanol–water partition coefficient (Wildman–Crippen LogP) is 5.31. The van der Waals surface area contributed by atoms with Crippen molar-refractivity contribution < 1.29 is 19.1 Å². The topological polar surface area (TPSA) is 92.0 Å². The highest BCUT2D eigenvalue weighted by molar-refractivity contribution is 5.83. The SMILES string of the molecule is CN(C)c1ccc2c(CCNC(=O)CO[C@H]3CC[C@H]4[C@@H]5CC[C@H]6C[C@H](O)CC[C@]6(C)[C@H]5CC[C@]34C)cc(=O)oc2c1. The van der Waals surface area contributed by atoms with Crippen LogP contribution < -0.4 is 15.8 Å². The van der Waals surface area contributed by atoms with Gasteiger partial charge in [-0.25, -0.2) is 4.79 Å². The van der Waals surface area contributed by atoms with Crippen LogP contribution in [-0.4, -0.2) is 50.5 Å². The van der Waals surface area contributed by atoms with E-state index in [1.807, 2.05) is 37.2 Å². The monoisotopic (exact) mass is 564 g/mol. The molecule has 1 aromatic heterocycles. The summed E-state index contributed by atoms with van der Waals surface area (Å²) in [6.45, 7) is 5.49. The number of nitrogens with zero attached hydrogens (tertiary/aromatic N) is 1. The molecule has 2 N–H and O–H groups in total. The largest absolute Gasteiger partial charge is 0.423 e. The van der Waals surface area contributed by atoms with Crippen LogP contribution in [0.3, 0.4) is 0 Å². The van der Waals surface area contributed by atoms with Gasteiger partial charge >= 0.3 is 5.63 Å². The Bertz CT molecular complexity index is 1340. The van der Waals surface area contributed by atoms with Gasteiger partial charge in [-0.2, -0.15) is 0 Å². The van der Waals surface area contributed by atoms with Crippen molar-refractivity contribution in [3.05, 3.63) is 40.2 Å². The number of rotatable bonds is 7. The first-order chi connectivity index (χ1) is 19.6. The summed E-state index contributed by atoms with van der Waals surface area (Å²) in [4.78, 5) is 27.0. The molecule has 4 saturated carbocycles. The number of ether oxygens (including phenoxy) is 1. The number of aliphatic hydroxyl groups excluding tert-OH is 1. The first-order valence-electron chi connectivity index (χ1n) is 15.9. The average Bonchev–Trinajstić information content (AvgIpc) is 3.28. The molecule has 0 radical (unpaired) electrons. The van der Waals surface area contributed by atoms with Crippen LogP contribution in [0.5, 0.6) is 0 Å². The first-order valence-corrected chi connectivity index (χ1v) is 15.9. The summed E-state index contributed by atoms with van der Waals surface area (Å²) in [5, 5.41) is 14.2. The number of anilines is 1. The highest BCUT2D eigenvalue weighted by atomic mass is 16.5. The van der Waals surface area contributed by atoms with Gasteiger partial charge in [-0.1, -0.05) is 13.8 Å². The smallest absolute Gasteiger partial charge is 0.336 e. The molecule has 4 aliphatic carbocycles. The van der Waals surface area contributed by atoms with E-state index in [4.69, 9.17) is 9.15 Å². The predicted molar refractivity (Wildman–Crippen MR) is 161 cm³/mol. The summed E-state index contributed by atoms with van der Waals surface area (Å²) in [7, 11) is 3.90. The molecule has 0 unspecified atom stereocenters. The van der Waals surface area contributed by atoms with E-state index in [9.17, 15) is 14.7 Å². The van der Waals surface area contributed by atoms with Crippen LogP contribution in [0.2, 0.25) is 0 Å². The molecular weight excluding hydrogens is 516 g/mol. The van der Waals surface area contributed by atoms with Gasteiger partial charge in [0.05, 0.1) is 12.2 Å². The zero-order valence-electron chi connectivity index (χ0n) is 25.3. The third-order valence-electron chi connectivity index (χ3n) is 12.0. The van der Waals surface area contributed by atoms with E-state index in [1.165, 1.54) is 44.6 Å². The lowest BCUT2D eigenvalue weighted by atomic mass is 9.45. The molecular formula is C34H48N2O5. The number of fused-ring (bicyclic) bond motifs is 6. The van der Waals surface area contributed by atoms with Gasteiger partial charge in [0, 0.05) is 43.8 Å². The molecule has 0 spiro atoms. The second-order valence-corrected chi connectivity index (χ2v) is 14.3. The lowest BCUT2D eigenvalue weighted by molar-refractivity contribution is -0.147. The third-order valence-corrected chi connectivity index (χ3v) is 12.0. The normalized spacial score (nSPS) is 36.3. The Morgan fingerprint density at radius 1 is 1.05 bits per heavy atom. The van der Waals surface area contributed by atoms with Crippen LogP contribution in [0.15, 0.2) is 33.5 Å². The van der Waals surface area contributed by atoms with Crippen LogP contribution in [0.25, 0.3) is 11.0 Å². The van der Waals surface area contributed by atoms with Gasteiger partial charge in [0.25, 0.3) is 0 Å². The van der Waals surface area contributed by atoms with Gasteiger partial charge in [0.2, 0.25) is 5.91 Å². The van der Waals surface area contributed by atoms with Gasteiger partial charge < -0.3 is 24.5 Å². The molecule has 1 aromatic carbocycles. The number of carbonyl (C=O) groups is 1. The van der Waals surface area contributed by atoms with Crippen LogP contribution >= 0.6 is 0 Å². The van der Waals surface area contributed by atoms with Gasteiger partial charge in [-0.05, 0) is 116 Å². The van der Waals surface area contributed by atoms with Gasteiger partial charge in [0.1, 0.15) is 12.2 Å². The molecule has 8 atom stereocenters. The maximum Gasteiger partial charge on any atom is 0.336 e. The Morgan fingerprint density at radius 3 is 2.63 bits per heavy atom. The Hall–Kier alpha value is -2.38. The fraction of sp³-hybridized carbons (Fsp3) is 0.706. The van der Waals surface area contributed by atoms with Crippen LogP contribution in [-0.2, 0) is 16.0 Å². The Labute approximate surface area is 244 Å². The van der Waals surface area contributed by atoms with Crippen molar-refractivity contribution in [1.82, 2.24) is 5.32 Å². The van der Waals surface area contributed by atoms with Crippen molar-refractivity contribution in [3.8, 4) is 0 Å². The molecule has 6 rings (SSSR count). The van der Waals surface area contributed by atoms with Crippen molar-refractivity contribution in [3.63, 3.8) is 0 Å². The summed E-state index contributed by atoms with van der Waals surface area (Å²) >= 11 is 0. The minimum Gasteiger partial charge on any atom is -0.423 e. The average molecular weight is 565 g/mol. The van der Waals surface area contributed by atoms with Gasteiger partial charge in [-0.15, -0.1) is 0 Å². The van der Waals surface area contributed by atoms with Crippen LogP contribution in [0, 0.1) is 34.5 Å². The van der Waals surface area contributed by atoms with E-state index < -0.39 is 0 Å². The summed E-state index contributed by atoms with van der Waals surface area (Å²) in [5.41, 5.74) is 2.55. The fourth-order valence-electron chi connectivity index (χ4n) is 9.73.